The quantitative estimate of drug-likeness (QED) is 0.854. The van der Waals surface area contributed by atoms with Gasteiger partial charge in [-0.05, 0) is 37.0 Å². The number of halogens is 1. The van der Waals surface area contributed by atoms with Gasteiger partial charge in [-0.1, -0.05) is 18.6 Å². The first-order valence-corrected chi connectivity index (χ1v) is 6.36. The van der Waals surface area contributed by atoms with Gasteiger partial charge in [0.15, 0.2) is 0 Å². The number of nitrogens with one attached hydrogen (secondary N) is 1. The third kappa shape index (κ3) is 4.17. The molecule has 1 N–H and O–H groups in total. The minimum Gasteiger partial charge on any atom is -0.374 e. The maximum atomic E-state index is 13.0. The highest BCUT2D eigenvalue weighted by molar-refractivity contribution is 5.82. The van der Waals surface area contributed by atoms with Crippen molar-refractivity contribution in [3.8, 4) is 0 Å². The van der Waals surface area contributed by atoms with E-state index >= 15 is 0 Å². The van der Waals surface area contributed by atoms with Crippen molar-refractivity contribution in [1.82, 2.24) is 5.32 Å². The highest BCUT2D eigenvalue weighted by atomic mass is 19.1. The van der Waals surface area contributed by atoms with E-state index in [1.807, 2.05) is 6.07 Å². The van der Waals surface area contributed by atoms with Gasteiger partial charge in [0.2, 0.25) is 0 Å². The van der Waals surface area contributed by atoms with Crippen LogP contribution in [0.3, 0.4) is 0 Å². The topological polar surface area (TPSA) is 24.4 Å². The Balaban J connectivity index is 1.77. The van der Waals surface area contributed by atoms with Gasteiger partial charge in [0.1, 0.15) is 5.82 Å². The van der Waals surface area contributed by atoms with Crippen LogP contribution in [-0.4, -0.2) is 18.9 Å². The normalized spacial score (nSPS) is 16.2. The van der Waals surface area contributed by atoms with E-state index in [0.29, 0.717) is 0 Å². The van der Waals surface area contributed by atoms with E-state index in [1.165, 1.54) is 25.3 Å². The molecule has 0 amide bonds. The molecule has 92 valence electrons. The van der Waals surface area contributed by atoms with Crippen molar-refractivity contribution in [2.45, 2.75) is 32.1 Å². The minimum atomic E-state index is -0.158. The summed E-state index contributed by atoms with van der Waals surface area (Å²) in [5.41, 5.74) is 1.03. The van der Waals surface area contributed by atoms with Crippen molar-refractivity contribution in [2.24, 2.45) is 4.99 Å². The van der Waals surface area contributed by atoms with Gasteiger partial charge in [-0.2, -0.15) is 0 Å². The summed E-state index contributed by atoms with van der Waals surface area (Å²) >= 11 is 0. The molecule has 0 saturated carbocycles. The Morgan fingerprint density at radius 1 is 1.24 bits per heavy atom. The largest absolute Gasteiger partial charge is 0.374 e. The Morgan fingerprint density at radius 3 is 3.06 bits per heavy atom. The molecule has 0 bridgehead atoms. The molecule has 0 aliphatic carbocycles. The summed E-state index contributed by atoms with van der Waals surface area (Å²) in [6.07, 6.45) is 5.61. The van der Waals surface area contributed by atoms with Crippen LogP contribution >= 0.6 is 0 Å². The number of hydrogen-bond donors (Lipinski definition) is 1. The molecule has 1 aromatic carbocycles. The SMILES string of the molecule is Fc1cccc(CCNC2=NCCCCC2)c1. The molecule has 1 aromatic rings. The second-order valence-electron chi connectivity index (χ2n) is 4.45. The van der Waals surface area contributed by atoms with Gasteiger partial charge in [0.05, 0.1) is 5.84 Å². The molecule has 0 aromatic heterocycles. The maximum Gasteiger partial charge on any atom is 0.123 e. The Labute approximate surface area is 102 Å². The lowest BCUT2D eigenvalue weighted by Crippen LogP contribution is -2.25. The Bertz CT molecular complexity index is 388. The van der Waals surface area contributed by atoms with Gasteiger partial charge in [-0.25, -0.2) is 4.39 Å². The summed E-state index contributed by atoms with van der Waals surface area (Å²) < 4.78 is 13.0. The molecule has 0 fully saturated rings. The Kier molecular flexibility index (Phi) is 4.54. The molecule has 0 saturated heterocycles. The van der Waals surface area contributed by atoms with Crippen LogP contribution in [0.5, 0.6) is 0 Å². The lowest BCUT2D eigenvalue weighted by molar-refractivity contribution is 0.625. The molecule has 0 atom stereocenters. The predicted molar refractivity (Wildman–Crippen MR) is 68.9 cm³/mol. The summed E-state index contributed by atoms with van der Waals surface area (Å²) in [4.78, 5) is 4.50. The van der Waals surface area contributed by atoms with Gasteiger partial charge in [-0.15, -0.1) is 0 Å². The first kappa shape index (κ1) is 12.1. The first-order valence-electron chi connectivity index (χ1n) is 6.36. The molecule has 0 radical (unpaired) electrons. The fourth-order valence-electron chi connectivity index (χ4n) is 2.06. The van der Waals surface area contributed by atoms with Crippen LogP contribution in [0, 0.1) is 5.82 Å². The number of nitrogens with zero attached hydrogens (tertiary/aromatic N) is 1. The zero-order chi connectivity index (χ0) is 11.9. The van der Waals surface area contributed by atoms with Crippen LogP contribution in [-0.2, 0) is 6.42 Å². The smallest absolute Gasteiger partial charge is 0.123 e. The van der Waals surface area contributed by atoms with Crippen molar-refractivity contribution in [3.63, 3.8) is 0 Å². The standard InChI is InChI=1S/C14H19FN2/c15-13-6-4-5-12(11-13)8-10-17-14-7-2-1-3-9-16-14/h4-6,11H,1-3,7-10H2,(H,16,17). The molecule has 2 nitrogen and oxygen atoms in total. The van der Waals surface area contributed by atoms with Crippen molar-refractivity contribution >= 4 is 5.84 Å². The van der Waals surface area contributed by atoms with Crippen molar-refractivity contribution < 1.29 is 4.39 Å². The van der Waals surface area contributed by atoms with E-state index in [-0.39, 0.29) is 5.82 Å². The van der Waals surface area contributed by atoms with Crippen LogP contribution in [0.1, 0.15) is 31.2 Å². The van der Waals surface area contributed by atoms with Crippen LogP contribution < -0.4 is 5.32 Å². The van der Waals surface area contributed by atoms with E-state index in [2.05, 4.69) is 10.3 Å². The van der Waals surface area contributed by atoms with E-state index in [9.17, 15) is 4.39 Å². The molecule has 0 spiro atoms. The number of aliphatic imine (C=N–C) groups is 1. The molecule has 0 unspecified atom stereocenters. The summed E-state index contributed by atoms with van der Waals surface area (Å²) in [6.45, 7) is 1.78. The number of benzene rings is 1. The minimum absolute atomic E-state index is 0.158. The van der Waals surface area contributed by atoms with Crippen molar-refractivity contribution in [3.05, 3.63) is 35.6 Å². The van der Waals surface area contributed by atoms with Crippen LogP contribution in [0.2, 0.25) is 0 Å². The van der Waals surface area contributed by atoms with Crippen molar-refractivity contribution in [2.75, 3.05) is 13.1 Å². The summed E-state index contributed by atoms with van der Waals surface area (Å²) in [5.74, 6) is 0.966. The second-order valence-corrected chi connectivity index (χ2v) is 4.45. The third-order valence-corrected chi connectivity index (χ3v) is 3.01. The van der Waals surface area contributed by atoms with Gasteiger partial charge in [0, 0.05) is 19.5 Å². The van der Waals surface area contributed by atoms with Gasteiger partial charge in [0.25, 0.3) is 0 Å². The average Bonchev–Trinajstić information content (AvgIpc) is 2.58. The van der Waals surface area contributed by atoms with Crippen LogP contribution in [0.4, 0.5) is 4.39 Å². The zero-order valence-electron chi connectivity index (χ0n) is 10.1. The van der Waals surface area contributed by atoms with Gasteiger partial charge in [-0.3, -0.25) is 4.99 Å². The fourth-order valence-corrected chi connectivity index (χ4v) is 2.06. The lowest BCUT2D eigenvalue weighted by Gasteiger charge is -2.08. The molecule has 3 heteroatoms. The number of amidine groups is 1. The molecule has 1 aliphatic heterocycles. The van der Waals surface area contributed by atoms with E-state index < -0.39 is 0 Å². The van der Waals surface area contributed by atoms with Gasteiger partial charge < -0.3 is 5.32 Å². The number of hydrogen-bond acceptors (Lipinski definition) is 2. The zero-order valence-corrected chi connectivity index (χ0v) is 10.1. The third-order valence-electron chi connectivity index (χ3n) is 3.01. The van der Waals surface area contributed by atoms with E-state index in [4.69, 9.17) is 0 Å². The molecular formula is C14H19FN2. The van der Waals surface area contributed by atoms with Crippen molar-refractivity contribution in [1.29, 1.82) is 0 Å². The van der Waals surface area contributed by atoms with E-state index in [0.717, 1.165) is 37.3 Å². The van der Waals surface area contributed by atoms with Crippen LogP contribution in [0.15, 0.2) is 29.3 Å². The average molecular weight is 234 g/mol. The molecule has 2 rings (SSSR count). The van der Waals surface area contributed by atoms with Gasteiger partial charge >= 0.3 is 0 Å². The fraction of sp³-hybridized carbons (Fsp3) is 0.500. The molecule has 1 heterocycles. The molecule has 17 heavy (non-hydrogen) atoms. The summed E-state index contributed by atoms with van der Waals surface area (Å²) in [6, 6.07) is 6.79. The molecular weight excluding hydrogens is 215 g/mol. The number of rotatable bonds is 3. The monoisotopic (exact) mass is 234 g/mol. The highest BCUT2D eigenvalue weighted by Crippen LogP contribution is 2.07. The maximum absolute atomic E-state index is 13.0. The van der Waals surface area contributed by atoms with E-state index in [1.54, 1.807) is 12.1 Å². The second kappa shape index (κ2) is 6.38. The highest BCUT2D eigenvalue weighted by Gasteiger charge is 2.03. The Morgan fingerprint density at radius 2 is 2.18 bits per heavy atom. The lowest BCUT2D eigenvalue weighted by atomic mass is 10.1. The molecule has 1 aliphatic rings. The first-order chi connectivity index (χ1) is 8.34. The summed E-state index contributed by atoms with van der Waals surface area (Å²) in [7, 11) is 0. The summed E-state index contributed by atoms with van der Waals surface area (Å²) in [5, 5.41) is 3.36. The predicted octanol–water partition coefficient (Wildman–Crippen LogP) is 2.93. The Hall–Kier alpha value is -1.38. The van der Waals surface area contributed by atoms with Crippen LogP contribution in [0.25, 0.3) is 0 Å².